The van der Waals surface area contributed by atoms with Crippen molar-refractivity contribution in [1.82, 2.24) is 4.98 Å². The van der Waals surface area contributed by atoms with Gasteiger partial charge in [-0.2, -0.15) is 18.4 Å². The zero-order valence-corrected chi connectivity index (χ0v) is 13.0. The molecule has 0 saturated heterocycles. The monoisotopic (exact) mass is 335 g/mol. The molecule has 0 fully saturated rings. The molecule has 1 aromatic heterocycles. The van der Waals surface area contributed by atoms with Gasteiger partial charge in [0.1, 0.15) is 0 Å². The molecular formula is C17H16F3N3O. The first kappa shape index (κ1) is 17.6. The Morgan fingerprint density at radius 3 is 2.75 bits per heavy atom. The van der Waals surface area contributed by atoms with Gasteiger partial charge in [0, 0.05) is 24.0 Å². The fraction of sp³-hybridized carbons (Fsp3) is 0.294. The Labute approximate surface area is 137 Å². The number of anilines is 1. The predicted molar refractivity (Wildman–Crippen MR) is 83.5 cm³/mol. The molecule has 0 aliphatic rings. The van der Waals surface area contributed by atoms with Gasteiger partial charge in [-0.25, -0.2) is 4.98 Å². The highest BCUT2D eigenvalue weighted by atomic mass is 19.4. The van der Waals surface area contributed by atoms with Gasteiger partial charge in [0.2, 0.25) is 5.88 Å². The number of pyridine rings is 1. The third-order valence-corrected chi connectivity index (χ3v) is 3.22. The van der Waals surface area contributed by atoms with Gasteiger partial charge in [-0.3, -0.25) is 0 Å². The van der Waals surface area contributed by atoms with Crippen molar-refractivity contribution in [3.63, 3.8) is 0 Å². The van der Waals surface area contributed by atoms with Gasteiger partial charge in [0.15, 0.2) is 0 Å². The largest absolute Gasteiger partial charge is 0.477 e. The van der Waals surface area contributed by atoms with E-state index in [-0.39, 0.29) is 12.2 Å². The van der Waals surface area contributed by atoms with E-state index in [0.717, 1.165) is 24.1 Å². The molecule has 0 unspecified atom stereocenters. The van der Waals surface area contributed by atoms with Crippen LogP contribution in [0.3, 0.4) is 0 Å². The first-order valence-corrected chi connectivity index (χ1v) is 7.37. The van der Waals surface area contributed by atoms with Crippen LogP contribution in [0.4, 0.5) is 18.9 Å². The molecule has 2 rings (SSSR count). The van der Waals surface area contributed by atoms with Crippen LogP contribution in [-0.4, -0.2) is 11.6 Å². The standard InChI is InChI=1S/C17H16F3N3O/c1-2-8-24-16-13(4-3-7-22-16)11-23-14-6-5-12(10-21)15(9-14)17(18,19)20/h3-7,9,23H,2,8,11H2,1H3. The van der Waals surface area contributed by atoms with Crippen LogP contribution in [0, 0.1) is 11.3 Å². The van der Waals surface area contributed by atoms with Crippen molar-refractivity contribution < 1.29 is 17.9 Å². The van der Waals surface area contributed by atoms with Gasteiger partial charge < -0.3 is 10.1 Å². The first-order valence-electron chi connectivity index (χ1n) is 7.37. The summed E-state index contributed by atoms with van der Waals surface area (Å²) in [7, 11) is 0. The van der Waals surface area contributed by atoms with Crippen LogP contribution in [-0.2, 0) is 12.7 Å². The summed E-state index contributed by atoms with van der Waals surface area (Å²) in [6.07, 6.45) is -2.15. The number of hydrogen-bond acceptors (Lipinski definition) is 4. The zero-order valence-electron chi connectivity index (χ0n) is 13.0. The van der Waals surface area contributed by atoms with Crippen molar-refractivity contribution in [2.24, 2.45) is 0 Å². The Balaban J connectivity index is 2.17. The second-order valence-corrected chi connectivity index (χ2v) is 5.04. The van der Waals surface area contributed by atoms with Crippen molar-refractivity contribution in [3.8, 4) is 11.9 Å². The van der Waals surface area contributed by atoms with Crippen LogP contribution in [0.15, 0.2) is 36.5 Å². The summed E-state index contributed by atoms with van der Waals surface area (Å²) in [5, 5.41) is 11.7. The van der Waals surface area contributed by atoms with Crippen molar-refractivity contribution in [2.75, 3.05) is 11.9 Å². The maximum atomic E-state index is 13.0. The smallest absolute Gasteiger partial charge is 0.417 e. The van der Waals surface area contributed by atoms with E-state index in [1.807, 2.05) is 6.92 Å². The van der Waals surface area contributed by atoms with E-state index in [1.54, 1.807) is 24.4 Å². The molecule has 1 heterocycles. The van der Waals surface area contributed by atoms with Crippen molar-refractivity contribution in [3.05, 3.63) is 53.2 Å². The molecule has 0 aliphatic heterocycles. The Bertz CT molecular complexity index is 739. The number of alkyl halides is 3. The molecule has 0 saturated carbocycles. The molecule has 126 valence electrons. The molecule has 0 bridgehead atoms. The number of aromatic nitrogens is 1. The lowest BCUT2D eigenvalue weighted by molar-refractivity contribution is -0.137. The highest BCUT2D eigenvalue weighted by Gasteiger charge is 2.33. The molecule has 1 aromatic carbocycles. The van der Waals surface area contributed by atoms with Crippen LogP contribution in [0.1, 0.15) is 30.0 Å². The maximum Gasteiger partial charge on any atom is 0.417 e. The van der Waals surface area contributed by atoms with Crippen molar-refractivity contribution in [1.29, 1.82) is 5.26 Å². The van der Waals surface area contributed by atoms with E-state index < -0.39 is 17.3 Å². The highest BCUT2D eigenvalue weighted by molar-refractivity contribution is 5.53. The van der Waals surface area contributed by atoms with E-state index in [2.05, 4.69) is 10.3 Å². The minimum atomic E-state index is -4.58. The Kier molecular flexibility index (Phi) is 5.64. The van der Waals surface area contributed by atoms with E-state index in [4.69, 9.17) is 10.00 Å². The zero-order chi connectivity index (χ0) is 17.6. The number of nitrogens with one attached hydrogen (secondary N) is 1. The van der Waals surface area contributed by atoms with Crippen molar-refractivity contribution in [2.45, 2.75) is 26.1 Å². The number of ether oxygens (including phenoxy) is 1. The lowest BCUT2D eigenvalue weighted by atomic mass is 10.1. The van der Waals surface area contributed by atoms with Gasteiger partial charge in [-0.15, -0.1) is 0 Å². The van der Waals surface area contributed by atoms with Gasteiger partial charge in [0.25, 0.3) is 0 Å². The normalized spacial score (nSPS) is 11.0. The van der Waals surface area contributed by atoms with E-state index in [0.29, 0.717) is 12.5 Å². The minimum absolute atomic E-state index is 0.260. The van der Waals surface area contributed by atoms with E-state index >= 15 is 0 Å². The Morgan fingerprint density at radius 1 is 1.29 bits per heavy atom. The minimum Gasteiger partial charge on any atom is -0.477 e. The molecule has 1 N–H and O–H groups in total. The number of halogens is 3. The lowest BCUT2D eigenvalue weighted by Crippen LogP contribution is -2.10. The Morgan fingerprint density at radius 2 is 2.08 bits per heavy atom. The second kappa shape index (κ2) is 7.68. The third-order valence-electron chi connectivity index (χ3n) is 3.22. The highest BCUT2D eigenvalue weighted by Crippen LogP contribution is 2.33. The molecule has 0 spiro atoms. The SMILES string of the molecule is CCCOc1ncccc1CNc1ccc(C#N)c(C(F)(F)F)c1. The molecule has 7 heteroatoms. The quantitative estimate of drug-likeness (QED) is 0.851. The van der Waals surface area contributed by atoms with Gasteiger partial charge in [-0.1, -0.05) is 13.0 Å². The van der Waals surface area contributed by atoms with E-state index in [9.17, 15) is 13.2 Å². The van der Waals surface area contributed by atoms with Gasteiger partial charge in [0.05, 0.1) is 23.8 Å². The molecule has 0 amide bonds. The van der Waals surface area contributed by atoms with Crippen LogP contribution >= 0.6 is 0 Å². The van der Waals surface area contributed by atoms with Crippen LogP contribution in [0.2, 0.25) is 0 Å². The fourth-order valence-electron chi connectivity index (χ4n) is 2.07. The molecule has 24 heavy (non-hydrogen) atoms. The summed E-state index contributed by atoms with van der Waals surface area (Å²) < 4.78 is 44.4. The topological polar surface area (TPSA) is 57.9 Å². The third kappa shape index (κ3) is 4.38. The lowest BCUT2D eigenvalue weighted by Gasteiger charge is -2.13. The summed E-state index contributed by atoms with van der Waals surface area (Å²) in [4.78, 5) is 4.13. The average Bonchev–Trinajstić information content (AvgIpc) is 2.57. The summed E-state index contributed by atoms with van der Waals surface area (Å²) in [6, 6.07) is 8.61. The molecular weight excluding hydrogens is 319 g/mol. The summed E-state index contributed by atoms with van der Waals surface area (Å²) >= 11 is 0. The summed E-state index contributed by atoms with van der Waals surface area (Å²) in [6.45, 7) is 2.74. The van der Waals surface area contributed by atoms with Gasteiger partial charge in [-0.05, 0) is 30.7 Å². The van der Waals surface area contributed by atoms with Crippen LogP contribution in [0.25, 0.3) is 0 Å². The Hall–Kier alpha value is -2.75. The number of nitrogens with zero attached hydrogens (tertiary/aromatic N) is 2. The average molecular weight is 335 g/mol. The molecule has 0 radical (unpaired) electrons. The molecule has 2 aromatic rings. The predicted octanol–water partition coefficient (Wildman–Crippen LogP) is 4.37. The van der Waals surface area contributed by atoms with Crippen LogP contribution in [0.5, 0.6) is 5.88 Å². The number of nitriles is 1. The molecule has 4 nitrogen and oxygen atoms in total. The summed E-state index contributed by atoms with van der Waals surface area (Å²) in [5.74, 6) is 0.455. The van der Waals surface area contributed by atoms with Crippen molar-refractivity contribution >= 4 is 5.69 Å². The molecule has 0 atom stereocenters. The second-order valence-electron chi connectivity index (χ2n) is 5.04. The molecule has 0 aliphatic carbocycles. The van der Waals surface area contributed by atoms with Gasteiger partial charge >= 0.3 is 6.18 Å². The number of rotatable bonds is 6. The fourth-order valence-corrected chi connectivity index (χ4v) is 2.07. The maximum absolute atomic E-state index is 13.0. The number of hydrogen-bond donors (Lipinski definition) is 1. The first-order chi connectivity index (χ1) is 11.5. The summed E-state index contributed by atoms with van der Waals surface area (Å²) in [5.41, 5.74) is -0.347. The van der Waals surface area contributed by atoms with Crippen LogP contribution < -0.4 is 10.1 Å². The number of benzene rings is 1. The van der Waals surface area contributed by atoms with E-state index in [1.165, 1.54) is 6.07 Å².